The molecule has 0 heterocycles. The largest absolute Gasteiger partial charge is 0.462 e. The summed E-state index contributed by atoms with van der Waals surface area (Å²) in [6.45, 7) is 6.54. The fraction of sp³-hybridized carbons (Fsp3) is 0.814. The normalized spacial score (nSPS) is 12.4. The molecule has 0 saturated carbocycles. The first-order chi connectivity index (χ1) is 32.0. The van der Waals surface area contributed by atoms with Crippen LogP contribution in [0, 0.1) is 0 Å². The standard InChI is InChI=1S/C59H106O6/c1-4-7-10-13-15-17-19-21-23-25-27-28-29-30-32-33-35-37-39-41-43-46-49-52-58(61)64-55-56(54-63-57(60)51-48-45-12-9-6-3)65-59(62)53-50-47-44-42-40-38-36-34-31-26-24-22-20-18-16-14-11-8-5-2/h16,18-19,21-22,24-25,27,56H,4-15,17,20,23,26,28-55H2,1-3H3/b18-16-,21-19-,24-22-,27-25-. The van der Waals surface area contributed by atoms with Crippen LogP contribution in [0.25, 0.3) is 0 Å². The summed E-state index contributed by atoms with van der Waals surface area (Å²) in [6.07, 6.45) is 65.7. The highest BCUT2D eigenvalue weighted by Crippen LogP contribution is 2.16. The van der Waals surface area contributed by atoms with Gasteiger partial charge in [-0.2, -0.15) is 0 Å². The van der Waals surface area contributed by atoms with Crippen LogP contribution >= 0.6 is 0 Å². The van der Waals surface area contributed by atoms with Crippen molar-refractivity contribution in [1.29, 1.82) is 0 Å². The molecule has 0 fully saturated rings. The highest BCUT2D eigenvalue weighted by molar-refractivity contribution is 5.71. The molecule has 0 spiro atoms. The highest BCUT2D eigenvalue weighted by Gasteiger charge is 2.19. The molecular weight excluding hydrogens is 805 g/mol. The highest BCUT2D eigenvalue weighted by atomic mass is 16.6. The Morgan fingerprint density at radius 2 is 0.554 bits per heavy atom. The third-order valence-corrected chi connectivity index (χ3v) is 12.3. The number of ether oxygens (including phenoxy) is 3. The van der Waals surface area contributed by atoms with Crippen LogP contribution in [0.5, 0.6) is 0 Å². The summed E-state index contributed by atoms with van der Waals surface area (Å²) in [4.78, 5) is 37.8. The molecule has 6 nitrogen and oxygen atoms in total. The Bertz CT molecular complexity index is 1140. The molecule has 1 unspecified atom stereocenters. The maximum atomic E-state index is 12.8. The van der Waals surface area contributed by atoms with Crippen LogP contribution < -0.4 is 0 Å². The summed E-state index contributed by atoms with van der Waals surface area (Å²) in [5.74, 6) is -0.885. The van der Waals surface area contributed by atoms with Crippen molar-refractivity contribution < 1.29 is 28.6 Å². The molecule has 0 aliphatic rings. The predicted molar refractivity (Wildman–Crippen MR) is 279 cm³/mol. The third kappa shape index (κ3) is 52.2. The number of unbranched alkanes of at least 4 members (excludes halogenated alkanes) is 32. The molecular formula is C59H106O6. The van der Waals surface area contributed by atoms with Gasteiger partial charge in [0.05, 0.1) is 0 Å². The monoisotopic (exact) mass is 911 g/mol. The lowest BCUT2D eigenvalue weighted by atomic mass is 10.0. The van der Waals surface area contributed by atoms with Gasteiger partial charge < -0.3 is 14.2 Å². The molecule has 0 aliphatic heterocycles. The predicted octanol–water partition coefficient (Wildman–Crippen LogP) is 18.7. The van der Waals surface area contributed by atoms with E-state index in [1.165, 1.54) is 173 Å². The summed E-state index contributed by atoms with van der Waals surface area (Å²) in [7, 11) is 0. The van der Waals surface area contributed by atoms with Crippen molar-refractivity contribution >= 4 is 17.9 Å². The lowest BCUT2D eigenvalue weighted by Crippen LogP contribution is -2.30. The first kappa shape index (κ1) is 62.4. The van der Waals surface area contributed by atoms with Gasteiger partial charge in [-0.3, -0.25) is 14.4 Å². The molecule has 0 bridgehead atoms. The van der Waals surface area contributed by atoms with Crippen LogP contribution in [0.1, 0.15) is 290 Å². The minimum atomic E-state index is -0.771. The Labute approximate surface area is 403 Å². The molecule has 378 valence electrons. The van der Waals surface area contributed by atoms with Crippen molar-refractivity contribution in [3.05, 3.63) is 48.6 Å². The second-order valence-electron chi connectivity index (χ2n) is 18.8. The van der Waals surface area contributed by atoms with E-state index in [-0.39, 0.29) is 31.1 Å². The van der Waals surface area contributed by atoms with Crippen molar-refractivity contribution in [3.8, 4) is 0 Å². The Hall–Kier alpha value is -2.63. The topological polar surface area (TPSA) is 78.9 Å². The fourth-order valence-corrected chi connectivity index (χ4v) is 8.03. The summed E-state index contributed by atoms with van der Waals surface area (Å²) >= 11 is 0. The lowest BCUT2D eigenvalue weighted by Gasteiger charge is -2.18. The van der Waals surface area contributed by atoms with E-state index < -0.39 is 6.10 Å². The number of hydrogen-bond acceptors (Lipinski definition) is 6. The Balaban J connectivity index is 4.09. The molecule has 0 rings (SSSR count). The van der Waals surface area contributed by atoms with Gasteiger partial charge in [-0.1, -0.05) is 236 Å². The molecule has 1 atom stereocenters. The van der Waals surface area contributed by atoms with E-state index in [2.05, 4.69) is 69.4 Å². The van der Waals surface area contributed by atoms with Crippen molar-refractivity contribution in [2.75, 3.05) is 13.2 Å². The van der Waals surface area contributed by atoms with Crippen LogP contribution in [0.3, 0.4) is 0 Å². The van der Waals surface area contributed by atoms with Gasteiger partial charge in [0.1, 0.15) is 13.2 Å². The van der Waals surface area contributed by atoms with Crippen LogP contribution in [0.4, 0.5) is 0 Å². The molecule has 0 aromatic carbocycles. The van der Waals surface area contributed by atoms with E-state index in [1.54, 1.807) is 0 Å². The molecule has 0 radical (unpaired) electrons. The second-order valence-corrected chi connectivity index (χ2v) is 18.8. The summed E-state index contributed by atoms with van der Waals surface area (Å²) in [6, 6.07) is 0. The van der Waals surface area contributed by atoms with Crippen LogP contribution in [-0.2, 0) is 28.6 Å². The van der Waals surface area contributed by atoms with Gasteiger partial charge in [0.15, 0.2) is 6.10 Å². The number of rotatable bonds is 51. The van der Waals surface area contributed by atoms with Gasteiger partial charge in [-0.25, -0.2) is 0 Å². The summed E-state index contributed by atoms with van der Waals surface area (Å²) < 4.78 is 16.7. The average Bonchev–Trinajstić information content (AvgIpc) is 3.30. The molecule has 0 aromatic heterocycles. The molecule has 0 aliphatic carbocycles. The smallest absolute Gasteiger partial charge is 0.306 e. The minimum Gasteiger partial charge on any atom is -0.462 e. The van der Waals surface area contributed by atoms with E-state index in [0.717, 1.165) is 77.0 Å². The maximum absolute atomic E-state index is 12.8. The number of allylic oxidation sites excluding steroid dienone is 8. The number of carbonyl (C=O) groups is 3. The Morgan fingerprint density at radius 1 is 0.308 bits per heavy atom. The minimum absolute atomic E-state index is 0.0746. The quantitative estimate of drug-likeness (QED) is 0.0262. The fourth-order valence-electron chi connectivity index (χ4n) is 8.03. The van der Waals surface area contributed by atoms with E-state index in [0.29, 0.717) is 19.3 Å². The number of esters is 3. The van der Waals surface area contributed by atoms with Gasteiger partial charge in [0.2, 0.25) is 0 Å². The van der Waals surface area contributed by atoms with Crippen LogP contribution in [0.2, 0.25) is 0 Å². The van der Waals surface area contributed by atoms with Crippen molar-refractivity contribution in [2.45, 2.75) is 297 Å². The van der Waals surface area contributed by atoms with E-state index in [4.69, 9.17) is 14.2 Å². The van der Waals surface area contributed by atoms with Crippen molar-refractivity contribution in [2.24, 2.45) is 0 Å². The van der Waals surface area contributed by atoms with E-state index in [1.807, 2.05) is 0 Å². The van der Waals surface area contributed by atoms with Gasteiger partial charge in [0.25, 0.3) is 0 Å². The zero-order valence-corrected chi connectivity index (χ0v) is 43.3. The summed E-state index contributed by atoms with van der Waals surface area (Å²) in [5, 5.41) is 0. The SMILES string of the molecule is CCCCC/C=C\C/C=C\CCCCCCCCCCCC(=O)OC(COC(=O)CCCCCCC)COC(=O)CCCCCCCCCCCCC/C=C\C/C=C\CCCCCCC. The third-order valence-electron chi connectivity index (χ3n) is 12.3. The van der Waals surface area contributed by atoms with Gasteiger partial charge in [0, 0.05) is 19.3 Å². The first-order valence-corrected chi connectivity index (χ1v) is 28.1. The molecule has 6 heteroatoms. The Morgan fingerprint density at radius 3 is 0.877 bits per heavy atom. The first-order valence-electron chi connectivity index (χ1n) is 28.1. The van der Waals surface area contributed by atoms with Gasteiger partial charge in [-0.15, -0.1) is 0 Å². The van der Waals surface area contributed by atoms with Crippen LogP contribution in [-0.4, -0.2) is 37.2 Å². The number of hydrogen-bond donors (Lipinski definition) is 0. The lowest BCUT2D eigenvalue weighted by molar-refractivity contribution is -0.167. The zero-order chi connectivity index (χ0) is 47.2. The number of carbonyl (C=O) groups excluding carboxylic acids is 3. The van der Waals surface area contributed by atoms with Crippen LogP contribution in [0.15, 0.2) is 48.6 Å². The molecule has 0 amide bonds. The molecule has 65 heavy (non-hydrogen) atoms. The van der Waals surface area contributed by atoms with E-state index in [9.17, 15) is 14.4 Å². The second kappa shape index (κ2) is 54.0. The molecule has 0 aromatic rings. The molecule has 0 N–H and O–H groups in total. The Kier molecular flexibility index (Phi) is 51.8. The zero-order valence-electron chi connectivity index (χ0n) is 43.3. The molecule has 0 saturated heterocycles. The summed E-state index contributed by atoms with van der Waals surface area (Å²) in [5.41, 5.74) is 0. The van der Waals surface area contributed by atoms with Crippen molar-refractivity contribution in [3.63, 3.8) is 0 Å². The maximum Gasteiger partial charge on any atom is 0.306 e. The van der Waals surface area contributed by atoms with Gasteiger partial charge >= 0.3 is 17.9 Å². The average molecular weight is 911 g/mol. The van der Waals surface area contributed by atoms with Gasteiger partial charge in [-0.05, 0) is 83.5 Å². The van der Waals surface area contributed by atoms with Crippen molar-refractivity contribution in [1.82, 2.24) is 0 Å². The van der Waals surface area contributed by atoms with E-state index >= 15 is 0 Å².